The first-order chi connectivity index (χ1) is 12.5. The first-order valence-electron chi connectivity index (χ1n) is 8.18. The molecule has 1 amide bonds. The molecule has 2 aromatic carbocycles. The molecule has 2 heterocycles. The fourth-order valence-corrected chi connectivity index (χ4v) is 3.11. The summed E-state index contributed by atoms with van der Waals surface area (Å²) in [5.41, 5.74) is 2.20. The average molecular weight is 355 g/mol. The van der Waals surface area contributed by atoms with Crippen LogP contribution in [0.15, 0.2) is 47.0 Å². The largest absolute Gasteiger partial charge is 0.339 e. The Bertz CT molecular complexity index is 986. The molecule has 1 aliphatic heterocycles. The summed E-state index contributed by atoms with van der Waals surface area (Å²) >= 11 is 0. The average Bonchev–Trinajstić information content (AvgIpc) is 3.25. The van der Waals surface area contributed by atoms with Gasteiger partial charge >= 0.3 is 0 Å². The number of rotatable bonds is 3. The quantitative estimate of drug-likeness (QED) is 0.716. The fraction of sp³-hybridized carbons (Fsp3) is 0.211. The van der Waals surface area contributed by atoms with Crippen LogP contribution < -0.4 is 4.90 Å². The van der Waals surface area contributed by atoms with Crippen molar-refractivity contribution in [2.24, 2.45) is 0 Å². The van der Waals surface area contributed by atoms with Crippen LogP contribution in [0.1, 0.15) is 23.8 Å². The number of hydrogen-bond donors (Lipinski definition) is 0. The van der Waals surface area contributed by atoms with Crippen molar-refractivity contribution in [2.75, 3.05) is 11.4 Å². The molecule has 1 unspecified atom stereocenters. The second kappa shape index (κ2) is 6.33. The van der Waals surface area contributed by atoms with Crippen molar-refractivity contribution < 1.29 is 18.1 Å². The van der Waals surface area contributed by atoms with E-state index in [1.54, 1.807) is 0 Å². The van der Waals surface area contributed by atoms with Gasteiger partial charge in [-0.3, -0.25) is 4.79 Å². The van der Waals surface area contributed by atoms with E-state index in [4.69, 9.17) is 4.52 Å². The summed E-state index contributed by atoms with van der Waals surface area (Å²) in [6, 6.07) is 11.1. The Morgan fingerprint density at radius 2 is 1.96 bits per heavy atom. The second-order valence-corrected chi connectivity index (χ2v) is 6.27. The second-order valence-electron chi connectivity index (χ2n) is 6.27. The highest BCUT2D eigenvalue weighted by molar-refractivity contribution is 5.96. The molecule has 0 spiro atoms. The van der Waals surface area contributed by atoms with Gasteiger partial charge in [-0.05, 0) is 24.6 Å². The minimum Gasteiger partial charge on any atom is -0.339 e. The summed E-state index contributed by atoms with van der Waals surface area (Å²) in [6.45, 7) is 2.23. The van der Waals surface area contributed by atoms with Crippen molar-refractivity contribution in [3.8, 4) is 11.4 Å². The summed E-state index contributed by atoms with van der Waals surface area (Å²) in [5, 5.41) is 4.01. The van der Waals surface area contributed by atoms with Gasteiger partial charge in [-0.25, -0.2) is 8.78 Å². The SMILES string of the molecule is Cc1ccccc1-c1noc(C2CC(=O)N(c3ccc(F)c(F)c3)C2)n1. The molecule has 132 valence electrons. The van der Waals surface area contributed by atoms with Gasteiger partial charge in [-0.15, -0.1) is 0 Å². The Kier molecular flexibility index (Phi) is 3.99. The van der Waals surface area contributed by atoms with Gasteiger partial charge in [0, 0.05) is 30.3 Å². The van der Waals surface area contributed by atoms with E-state index in [-0.39, 0.29) is 24.8 Å². The third-order valence-corrected chi connectivity index (χ3v) is 4.52. The molecule has 0 bridgehead atoms. The smallest absolute Gasteiger partial charge is 0.232 e. The molecular formula is C19H15F2N3O2. The zero-order valence-corrected chi connectivity index (χ0v) is 13.9. The Hall–Kier alpha value is -3.09. The first kappa shape index (κ1) is 16.4. The number of amides is 1. The maximum absolute atomic E-state index is 13.5. The van der Waals surface area contributed by atoms with Crippen LogP contribution in [0.4, 0.5) is 14.5 Å². The van der Waals surface area contributed by atoms with E-state index in [1.165, 1.54) is 11.0 Å². The molecule has 4 rings (SSSR count). The van der Waals surface area contributed by atoms with Crippen LogP contribution >= 0.6 is 0 Å². The van der Waals surface area contributed by atoms with E-state index >= 15 is 0 Å². The van der Waals surface area contributed by atoms with E-state index in [1.807, 2.05) is 31.2 Å². The first-order valence-corrected chi connectivity index (χ1v) is 8.18. The zero-order valence-electron chi connectivity index (χ0n) is 13.9. The van der Waals surface area contributed by atoms with Gasteiger partial charge in [0.05, 0.1) is 5.92 Å². The van der Waals surface area contributed by atoms with Crippen molar-refractivity contribution >= 4 is 11.6 Å². The molecule has 1 saturated heterocycles. The van der Waals surface area contributed by atoms with Gasteiger partial charge in [0.2, 0.25) is 17.6 Å². The molecule has 5 nitrogen and oxygen atoms in total. The highest BCUT2D eigenvalue weighted by Crippen LogP contribution is 2.32. The number of halogens is 2. The molecule has 7 heteroatoms. The summed E-state index contributed by atoms with van der Waals surface area (Å²) in [4.78, 5) is 18.1. The summed E-state index contributed by atoms with van der Waals surface area (Å²) in [6.07, 6.45) is 0.175. The van der Waals surface area contributed by atoms with Crippen LogP contribution in [-0.4, -0.2) is 22.6 Å². The van der Waals surface area contributed by atoms with Gasteiger partial charge in [-0.2, -0.15) is 4.98 Å². The van der Waals surface area contributed by atoms with E-state index in [2.05, 4.69) is 10.1 Å². The number of nitrogens with zero attached hydrogens (tertiary/aromatic N) is 3. The lowest BCUT2D eigenvalue weighted by molar-refractivity contribution is -0.117. The molecule has 26 heavy (non-hydrogen) atoms. The number of benzene rings is 2. The van der Waals surface area contributed by atoms with Crippen molar-refractivity contribution in [1.29, 1.82) is 0 Å². The predicted octanol–water partition coefficient (Wildman–Crippen LogP) is 3.84. The van der Waals surface area contributed by atoms with Crippen molar-refractivity contribution in [2.45, 2.75) is 19.3 Å². The molecular weight excluding hydrogens is 340 g/mol. The lowest BCUT2D eigenvalue weighted by Crippen LogP contribution is -2.24. The van der Waals surface area contributed by atoms with Crippen molar-refractivity contribution in [1.82, 2.24) is 10.1 Å². The molecule has 3 aromatic rings. The molecule has 1 fully saturated rings. The van der Waals surface area contributed by atoms with E-state index < -0.39 is 11.6 Å². The highest BCUT2D eigenvalue weighted by atomic mass is 19.2. The van der Waals surface area contributed by atoms with Crippen molar-refractivity contribution in [3.63, 3.8) is 0 Å². The summed E-state index contributed by atoms with van der Waals surface area (Å²) < 4.78 is 31.9. The Morgan fingerprint density at radius 1 is 1.15 bits per heavy atom. The molecule has 1 atom stereocenters. The lowest BCUT2D eigenvalue weighted by Gasteiger charge is -2.16. The van der Waals surface area contributed by atoms with Gasteiger partial charge < -0.3 is 9.42 Å². The summed E-state index contributed by atoms with van der Waals surface area (Å²) in [7, 11) is 0. The van der Waals surface area contributed by atoms with Crippen LogP contribution in [0.25, 0.3) is 11.4 Å². The Morgan fingerprint density at radius 3 is 2.73 bits per heavy atom. The third kappa shape index (κ3) is 2.85. The highest BCUT2D eigenvalue weighted by Gasteiger charge is 2.35. The Labute approximate surface area is 148 Å². The van der Waals surface area contributed by atoms with Crippen LogP contribution in [0.5, 0.6) is 0 Å². The van der Waals surface area contributed by atoms with E-state index in [0.29, 0.717) is 17.4 Å². The van der Waals surface area contributed by atoms with Gasteiger partial charge in [0.25, 0.3) is 0 Å². The fourth-order valence-electron chi connectivity index (χ4n) is 3.11. The van der Waals surface area contributed by atoms with Crippen LogP contribution in [-0.2, 0) is 4.79 Å². The maximum Gasteiger partial charge on any atom is 0.232 e. The number of hydrogen-bond acceptors (Lipinski definition) is 4. The zero-order chi connectivity index (χ0) is 18.3. The van der Waals surface area contributed by atoms with Crippen LogP contribution in [0.3, 0.4) is 0 Å². The maximum atomic E-state index is 13.5. The predicted molar refractivity (Wildman–Crippen MR) is 90.5 cm³/mol. The number of aromatic nitrogens is 2. The molecule has 0 aliphatic carbocycles. The minimum atomic E-state index is -0.988. The number of anilines is 1. The lowest BCUT2D eigenvalue weighted by atomic mass is 10.1. The van der Waals surface area contributed by atoms with Gasteiger partial charge in [0.1, 0.15) is 0 Å². The molecule has 1 aromatic heterocycles. The topological polar surface area (TPSA) is 59.2 Å². The monoisotopic (exact) mass is 355 g/mol. The number of carbonyl (C=O) groups excluding carboxylic acids is 1. The number of carbonyl (C=O) groups is 1. The Balaban J connectivity index is 1.58. The normalized spacial score (nSPS) is 17.1. The van der Waals surface area contributed by atoms with Crippen LogP contribution in [0.2, 0.25) is 0 Å². The van der Waals surface area contributed by atoms with Gasteiger partial charge in [0.15, 0.2) is 11.6 Å². The molecule has 0 N–H and O–H groups in total. The summed E-state index contributed by atoms with van der Waals surface area (Å²) in [5.74, 6) is -1.59. The van der Waals surface area contributed by atoms with Gasteiger partial charge in [-0.1, -0.05) is 29.4 Å². The number of aryl methyl sites for hydroxylation is 1. The molecule has 0 saturated carbocycles. The van der Waals surface area contributed by atoms with Crippen LogP contribution in [0, 0.1) is 18.6 Å². The third-order valence-electron chi connectivity index (χ3n) is 4.52. The minimum absolute atomic E-state index is 0.175. The van der Waals surface area contributed by atoms with Crippen molar-refractivity contribution in [3.05, 3.63) is 65.6 Å². The molecule has 1 aliphatic rings. The van der Waals surface area contributed by atoms with E-state index in [9.17, 15) is 13.6 Å². The molecule has 0 radical (unpaired) electrons. The standard InChI is InChI=1S/C19H15F2N3O2/c1-11-4-2-3-5-14(11)18-22-19(26-23-18)12-8-17(25)24(10-12)13-6-7-15(20)16(21)9-13/h2-7,9,12H,8,10H2,1H3. The van der Waals surface area contributed by atoms with E-state index in [0.717, 1.165) is 23.3 Å².